The van der Waals surface area contributed by atoms with Crippen molar-refractivity contribution in [2.75, 3.05) is 0 Å². The van der Waals surface area contributed by atoms with E-state index >= 15 is 0 Å². The zero-order valence-electron chi connectivity index (χ0n) is 10.0. The maximum absolute atomic E-state index is 9.24. The molecule has 4 nitrogen and oxygen atoms in total. The number of rotatable bonds is 2. The van der Waals surface area contributed by atoms with Gasteiger partial charge in [0.25, 0.3) is 0 Å². The number of aryl methyl sites for hydroxylation is 1. The van der Waals surface area contributed by atoms with Crippen LogP contribution in [0.1, 0.15) is 11.3 Å². The van der Waals surface area contributed by atoms with Crippen LogP contribution < -0.4 is 0 Å². The summed E-state index contributed by atoms with van der Waals surface area (Å²) in [4.78, 5) is 4.19. The zero-order chi connectivity index (χ0) is 12.5. The minimum atomic E-state index is -0.0641. The molecule has 0 saturated heterocycles. The molecular formula is C14H13N3O. The van der Waals surface area contributed by atoms with E-state index in [0.29, 0.717) is 5.69 Å². The van der Waals surface area contributed by atoms with Crippen LogP contribution in [0.15, 0.2) is 42.6 Å². The number of hydrogen-bond acceptors (Lipinski definition) is 3. The van der Waals surface area contributed by atoms with Gasteiger partial charge >= 0.3 is 0 Å². The molecule has 0 unspecified atom stereocenters. The van der Waals surface area contributed by atoms with Crippen molar-refractivity contribution in [1.29, 1.82) is 0 Å². The highest BCUT2D eigenvalue weighted by molar-refractivity contribution is 5.64. The predicted octanol–water partition coefficient (Wildman–Crippen LogP) is 2.20. The summed E-state index contributed by atoms with van der Waals surface area (Å²) < 4.78 is 1.68. The number of hydrogen-bond donors (Lipinski definition) is 1. The van der Waals surface area contributed by atoms with Crippen molar-refractivity contribution in [3.05, 3.63) is 53.9 Å². The number of nitrogens with zero attached hydrogens (tertiary/aromatic N) is 3. The average Bonchev–Trinajstić information content (AvgIpc) is 2.81. The third-order valence-corrected chi connectivity index (χ3v) is 3.02. The highest BCUT2D eigenvalue weighted by Crippen LogP contribution is 2.21. The van der Waals surface area contributed by atoms with Gasteiger partial charge in [-0.2, -0.15) is 5.10 Å². The Labute approximate surface area is 105 Å². The van der Waals surface area contributed by atoms with Gasteiger partial charge in [-0.05, 0) is 24.6 Å². The predicted molar refractivity (Wildman–Crippen MR) is 69.1 cm³/mol. The van der Waals surface area contributed by atoms with Crippen LogP contribution in [-0.2, 0) is 6.61 Å². The van der Waals surface area contributed by atoms with E-state index in [1.807, 2.05) is 30.3 Å². The first kappa shape index (κ1) is 10.9. The molecule has 0 aliphatic carbocycles. The van der Waals surface area contributed by atoms with Gasteiger partial charge in [0, 0.05) is 5.56 Å². The minimum Gasteiger partial charge on any atom is -0.390 e. The third kappa shape index (κ3) is 1.67. The smallest absolute Gasteiger partial charge is 0.153 e. The third-order valence-electron chi connectivity index (χ3n) is 3.02. The molecule has 0 atom stereocenters. The van der Waals surface area contributed by atoms with Gasteiger partial charge in [0.15, 0.2) is 5.65 Å². The summed E-state index contributed by atoms with van der Waals surface area (Å²) in [5.74, 6) is 0. The molecule has 0 fully saturated rings. The molecule has 2 aromatic heterocycles. The summed E-state index contributed by atoms with van der Waals surface area (Å²) in [6, 6.07) is 12.0. The fourth-order valence-electron chi connectivity index (χ4n) is 2.03. The van der Waals surface area contributed by atoms with Crippen LogP contribution in [0.5, 0.6) is 0 Å². The van der Waals surface area contributed by atoms with E-state index in [1.54, 1.807) is 10.7 Å². The van der Waals surface area contributed by atoms with Gasteiger partial charge in [-0.25, -0.2) is 9.50 Å². The summed E-state index contributed by atoms with van der Waals surface area (Å²) in [5.41, 5.74) is 4.59. The molecule has 2 heterocycles. The van der Waals surface area contributed by atoms with Crippen molar-refractivity contribution in [2.24, 2.45) is 0 Å². The monoisotopic (exact) mass is 239 g/mol. The van der Waals surface area contributed by atoms with E-state index < -0.39 is 0 Å². The molecule has 0 radical (unpaired) electrons. The Morgan fingerprint density at radius 2 is 2.00 bits per heavy atom. The summed E-state index contributed by atoms with van der Waals surface area (Å²) in [6.07, 6.45) is 1.64. The van der Waals surface area contributed by atoms with Crippen LogP contribution in [0.25, 0.3) is 16.9 Å². The maximum atomic E-state index is 9.24. The lowest BCUT2D eigenvalue weighted by Crippen LogP contribution is -1.99. The summed E-state index contributed by atoms with van der Waals surface area (Å²) in [5, 5.41) is 13.8. The Bertz CT molecular complexity index is 703. The second-order valence-corrected chi connectivity index (χ2v) is 4.21. The van der Waals surface area contributed by atoms with E-state index in [1.165, 1.54) is 5.56 Å². The Hall–Kier alpha value is -2.20. The molecule has 3 rings (SSSR count). The molecular weight excluding hydrogens is 226 g/mol. The van der Waals surface area contributed by atoms with Crippen LogP contribution >= 0.6 is 0 Å². The van der Waals surface area contributed by atoms with Gasteiger partial charge in [0.05, 0.1) is 24.2 Å². The molecule has 1 aromatic carbocycles. The van der Waals surface area contributed by atoms with E-state index in [4.69, 9.17) is 0 Å². The molecule has 0 bridgehead atoms. The first-order valence-electron chi connectivity index (χ1n) is 5.80. The normalized spacial score (nSPS) is 11.0. The summed E-state index contributed by atoms with van der Waals surface area (Å²) >= 11 is 0. The van der Waals surface area contributed by atoms with Crippen LogP contribution in [0, 0.1) is 6.92 Å². The van der Waals surface area contributed by atoms with Crippen molar-refractivity contribution in [3.63, 3.8) is 0 Å². The van der Waals surface area contributed by atoms with E-state index in [9.17, 15) is 5.11 Å². The van der Waals surface area contributed by atoms with Gasteiger partial charge in [0.1, 0.15) is 0 Å². The minimum absolute atomic E-state index is 0.0641. The summed E-state index contributed by atoms with van der Waals surface area (Å²) in [7, 11) is 0. The van der Waals surface area contributed by atoms with Gasteiger partial charge < -0.3 is 5.11 Å². The molecule has 90 valence electrons. The Balaban J connectivity index is 2.21. The molecule has 1 N–H and O–H groups in total. The molecule has 0 spiro atoms. The van der Waals surface area contributed by atoms with Crippen LogP contribution in [0.4, 0.5) is 0 Å². The molecule has 0 saturated carbocycles. The fraction of sp³-hybridized carbons (Fsp3) is 0.143. The molecule has 0 amide bonds. The number of imidazole rings is 1. The van der Waals surface area contributed by atoms with Crippen molar-refractivity contribution < 1.29 is 5.11 Å². The van der Waals surface area contributed by atoms with E-state index in [2.05, 4.69) is 23.1 Å². The van der Waals surface area contributed by atoms with Crippen molar-refractivity contribution in [3.8, 4) is 11.3 Å². The lowest BCUT2D eigenvalue weighted by Gasteiger charge is -2.05. The van der Waals surface area contributed by atoms with Crippen molar-refractivity contribution in [2.45, 2.75) is 13.5 Å². The largest absolute Gasteiger partial charge is 0.390 e. The SMILES string of the molecule is Cc1ccccc1-c1ccc2ncc(CO)n2n1. The Morgan fingerprint density at radius 3 is 2.78 bits per heavy atom. The van der Waals surface area contributed by atoms with Crippen molar-refractivity contribution >= 4 is 5.65 Å². The molecule has 4 heteroatoms. The van der Waals surface area contributed by atoms with Crippen LogP contribution in [0.2, 0.25) is 0 Å². The Kier molecular flexibility index (Phi) is 2.57. The first-order valence-corrected chi connectivity index (χ1v) is 5.80. The lowest BCUT2D eigenvalue weighted by molar-refractivity contribution is 0.274. The van der Waals surface area contributed by atoms with Gasteiger partial charge in [-0.3, -0.25) is 0 Å². The maximum Gasteiger partial charge on any atom is 0.153 e. The van der Waals surface area contributed by atoms with Crippen LogP contribution in [0.3, 0.4) is 0 Å². The highest BCUT2D eigenvalue weighted by atomic mass is 16.3. The summed E-state index contributed by atoms with van der Waals surface area (Å²) in [6.45, 7) is 1.99. The standard InChI is InChI=1S/C14H13N3O/c1-10-4-2-3-5-12(10)13-6-7-14-15-8-11(9-18)17(14)16-13/h2-8,18H,9H2,1H3. The Morgan fingerprint density at radius 1 is 1.17 bits per heavy atom. The van der Waals surface area contributed by atoms with Gasteiger partial charge in [-0.1, -0.05) is 24.3 Å². The fourth-order valence-corrected chi connectivity index (χ4v) is 2.03. The number of aliphatic hydroxyl groups excluding tert-OH is 1. The second-order valence-electron chi connectivity index (χ2n) is 4.21. The number of fused-ring (bicyclic) bond motifs is 1. The first-order chi connectivity index (χ1) is 8.79. The van der Waals surface area contributed by atoms with E-state index in [0.717, 1.165) is 16.9 Å². The number of aromatic nitrogens is 3. The van der Waals surface area contributed by atoms with Gasteiger partial charge in [-0.15, -0.1) is 0 Å². The second kappa shape index (κ2) is 4.23. The van der Waals surface area contributed by atoms with Crippen molar-refractivity contribution in [1.82, 2.24) is 14.6 Å². The molecule has 3 aromatic rings. The molecule has 0 aliphatic rings. The molecule has 18 heavy (non-hydrogen) atoms. The zero-order valence-corrected chi connectivity index (χ0v) is 10.0. The topological polar surface area (TPSA) is 50.4 Å². The number of aliphatic hydroxyl groups is 1. The molecule has 0 aliphatic heterocycles. The van der Waals surface area contributed by atoms with E-state index in [-0.39, 0.29) is 6.61 Å². The average molecular weight is 239 g/mol. The number of benzene rings is 1. The lowest BCUT2D eigenvalue weighted by atomic mass is 10.1. The quantitative estimate of drug-likeness (QED) is 0.745. The van der Waals surface area contributed by atoms with Crippen LogP contribution in [-0.4, -0.2) is 19.7 Å². The highest BCUT2D eigenvalue weighted by Gasteiger charge is 2.07. The van der Waals surface area contributed by atoms with Gasteiger partial charge in [0.2, 0.25) is 0 Å².